The summed E-state index contributed by atoms with van der Waals surface area (Å²) in [6, 6.07) is 6.21. The van der Waals surface area contributed by atoms with Crippen LogP contribution < -0.4 is 0 Å². The van der Waals surface area contributed by atoms with E-state index in [1.165, 1.54) is 24.0 Å². The molecule has 3 rings (SSSR count). The zero-order valence-corrected chi connectivity index (χ0v) is 8.14. The minimum absolute atomic E-state index is 0.878. The van der Waals surface area contributed by atoms with Crippen LogP contribution in [0.25, 0.3) is 6.08 Å². The number of halogens is 1. The Bertz CT molecular complexity index is 386. The van der Waals surface area contributed by atoms with Gasteiger partial charge in [-0.2, -0.15) is 0 Å². The van der Waals surface area contributed by atoms with Crippen molar-refractivity contribution in [2.45, 2.75) is 19.3 Å². The van der Waals surface area contributed by atoms with Gasteiger partial charge in [-0.1, -0.05) is 35.4 Å². The molecule has 0 atom stereocenters. The van der Waals surface area contributed by atoms with E-state index < -0.39 is 0 Å². The van der Waals surface area contributed by atoms with Crippen LogP contribution in [0.5, 0.6) is 0 Å². The smallest absolute Gasteiger partial charge is 0.0481 e. The Morgan fingerprint density at radius 3 is 2.77 bits per heavy atom. The molecule has 0 radical (unpaired) electrons. The fraction of sp³-hybridized carbons (Fsp3) is 0.333. The quantitative estimate of drug-likeness (QED) is 0.634. The van der Waals surface area contributed by atoms with E-state index in [4.69, 9.17) is 11.6 Å². The molecule has 1 aromatic carbocycles. The third-order valence-electron chi connectivity index (χ3n) is 2.97. The summed E-state index contributed by atoms with van der Waals surface area (Å²) >= 11 is 6.12. The zero-order chi connectivity index (χ0) is 8.84. The Morgan fingerprint density at radius 1 is 1.23 bits per heavy atom. The van der Waals surface area contributed by atoms with E-state index in [-0.39, 0.29) is 0 Å². The van der Waals surface area contributed by atoms with E-state index in [1.54, 1.807) is 5.57 Å². The minimum atomic E-state index is 0.878. The summed E-state index contributed by atoms with van der Waals surface area (Å²) in [4.78, 5) is 0. The molecule has 1 fully saturated rings. The molecule has 0 N–H and O–H groups in total. The SMILES string of the molecule is Clc1cccc2c1C=C(C1CC1)C2. The van der Waals surface area contributed by atoms with Gasteiger partial charge >= 0.3 is 0 Å². The topological polar surface area (TPSA) is 0 Å². The van der Waals surface area contributed by atoms with Crippen LogP contribution in [0.15, 0.2) is 23.8 Å². The van der Waals surface area contributed by atoms with Gasteiger partial charge in [-0.3, -0.25) is 0 Å². The van der Waals surface area contributed by atoms with E-state index in [9.17, 15) is 0 Å². The van der Waals surface area contributed by atoms with Crippen molar-refractivity contribution in [1.82, 2.24) is 0 Å². The van der Waals surface area contributed by atoms with Gasteiger partial charge in [0.1, 0.15) is 0 Å². The van der Waals surface area contributed by atoms with E-state index in [1.807, 2.05) is 12.1 Å². The average Bonchev–Trinajstić information content (AvgIpc) is 2.87. The molecule has 0 bridgehead atoms. The highest BCUT2D eigenvalue weighted by Crippen LogP contribution is 2.43. The first-order chi connectivity index (χ1) is 6.34. The summed E-state index contributed by atoms with van der Waals surface area (Å²) in [5, 5.41) is 0.910. The van der Waals surface area contributed by atoms with Crippen molar-refractivity contribution in [3.63, 3.8) is 0 Å². The molecule has 0 unspecified atom stereocenters. The van der Waals surface area contributed by atoms with Gasteiger partial charge in [0.05, 0.1) is 0 Å². The van der Waals surface area contributed by atoms with Gasteiger partial charge in [0, 0.05) is 5.02 Å². The van der Waals surface area contributed by atoms with Crippen LogP contribution in [0.3, 0.4) is 0 Å². The van der Waals surface area contributed by atoms with Crippen molar-refractivity contribution in [3.05, 3.63) is 39.9 Å². The van der Waals surface area contributed by atoms with Crippen LogP contribution in [0, 0.1) is 5.92 Å². The Kier molecular flexibility index (Phi) is 1.54. The highest BCUT2D eigenvalue weighted by molar-refractivity contribution is 6.32. The van der Waals surface area contributed by atoms with Gasteiger partial charge in [-0.05, 0) is 42.4 Å². The monoisotopic (exact) mass is 190 g/mol. The van der Waals surface area contributed by atoms with E-state index >= 15 is 0 Å². The Balaban J connectivity index is 2.05. The molecule has 1 heteroatoms. The fourth-order valence-corrected chi connectivity index (χ4v) is 2.32. The van der Waals surface area contributed by atoms with Crippen molar-refractivity contribution in [2.24, 2.45) is 5.92 Å². The van der Waals surface area contributed by atoms with Crippen molar-refractivity contribution in [1.29, 1.82) is 0 Å². The van der Waals surface area contributed by atoms with E-state index in [0.717, 1.165) is 17.4 Å². The molecular formula is C12H11Cl. The van der Waals surface area contributed by atoms with Crippen LogP contribution >= 0.6 is 11.6 Å². The second-order valence-electron chi connectivity index (χ2n) is 3.98. The Morgan fingerprint density at radius 2 is 2.08 bits per heavy atom. The second-order valence-corrected chi connectivity index (χ2v) is 4.39. The van der Waals surface area contributed by atoms with Gasteiger partial charge in [0.15, 0.2) is 0 Å². The molecule has 13 heavy (non-hydrogen) atoms. The molecule has 0 spiro atoms. The zero-order valence-electron chi connectivity index (χ0n) is 7.39. The van der Waals surface area contributed by atoms with Crippen molar-refractivity contribution in [2.75, 3.05) is 0 Å². The van der Waals surface area contributed by atoms with Gasteiger partial charge in [-0.25, -0.2) is 0 Å². The lowest BCUT2D eigenvalue weighted by atomic mass is 10.1. The molecule has 66 valence electrons. The predicted molar refractivity (Wildman–Crippen MR) is 55.9 cm³/mol. The lowest BCUT2D eigenvalue weighted by Gasteiger charge is -1.99. The number of allylic oxidation sites excluding steroid dienone is 1. The van der Waals surface area contributed by atoms with E-state index in [0.29, 0.717) is 0 Å². The molecule has 0 aromatic heterocycles. The standard InChI is InChI=1S/C12H11Cl/c13-12-3-1-2-9-6-10(7-11(9)12)8-4-5-8/h1-3,7-8H,4-6H2. The highest BCUT2D eigenvalue weighted by atomic mass is 35.5. The molecule has 0 heterocycles. The Hall–Kier alpha value is -0.750. The molecule has 0 saturated heterocycles. The maximum Gasteiger partial charge on any atom is 0.0481 e. The lowest BCUT2D eigenvalue weighted by molar-refractivity contribution is 0.962. The number of hydrogen-bond donors (Lipinski definition) is 0. The van der Waals surface area contributed by atoms with Crippen LogP contribution in [0.4, 0.5) is 0 Å². The molecule has 2 aliphatic rings. The van der Waals surface area contributed by atoms with Crippen LogP contribution in [0.2, 0.25) is 5.02 Å². The summed E-state index contributed by atoms with van der Waals surface area (Å²) in [5.41, 5.74) is 4.28. The van der Waals surface area contributed by atoms with Crippen molar-refractivity contribution in [3.8, 4) is 0 Å². The van der Waals surface area contributed by atoms with Gasteiger partial charge in [-0.15, -0.1) is 0 Å². The highest BCUT2D eigenvalue weighted by Gasteiger charge is 2.29. The Labute approximate surface area is 83.2 Å². The number of benzene rings is 1. The normalized spacial score (nSPS) is 19.9. The largest absolute Gasteiger partial charge is 0.0837 e. The third kappa shape index (κ3) is 1.21. The molecule has 1 saturated carbocycles. The van der Waals surface area contributed by atoms with Gasteiger partial charge in [0.25, 0.3) is 0 Å². The third-order valence-corrected chi connectivity index (χ3v) is 3.30. The minimum Gasteiger partial charge on any atom is -0.0837 e. The predicted octanol–water partition coefficient (Wildman–Crippen LogP) is 3.69. The molecular weight excluding hydrogens is 180 g/mol. The summed E-state index contributed by atoms with van der Waals surface area (Å²) in [7, 11) is 0. The number of fused-ring (bicyclic) bond motifs is 1. The average molecular weight is 191 g/mol. The second kappa shape index (κ2) is 2.62. The first-order valence-corrected chi connectivity index (χ1v) is 5.20. The molecule has 0 aliphatic heterocycles. The molecule has 1 aromatic rings. The lowest BCUT2D eigenvalue weighted by Crippen LogP contribution is -1.85. The summed E-state index contributed by atoms with van der Waals surface area (Å²) < 4.78 is 0. The van der Waals surface area contributed by atoms with Gasteiger partial charge in [0.2, 0.25) is 0 Å². The van der Waals surface area contributed by atoms with Crippen molar-refractivity contribution < 1.29 is 0 Å². The van der Waals surface area contributed by atoms with Crippen LogP contribution in [-0.4, -0.2) is 0 Å². The molecule has 0 nitrogen and oxygen atoms in total. The first-order valence-electron chi connectivity index (χ1n) is 4.82. The van der Waals surface area contributed by atoms with E-state index in [2.05, 4.69) is 12.1 Å². The number of hydrogen-bond acceptors (Lipinski definition) is 0. The summed E-state index contributed by atoms with van der Waals surface area (Å²) in [5.74, 6) is 0.878. The van der Waals surface area contributed by atoms with Crippen molar-refractivity contribution >= 4 is 17.7 Å². The van der Waals surface area contributed by atoms with Crippen LogP contribution in [0.1, 0.15) is 24.0 Å². The van der Waals surface area contributed by atoms with Gasteiger partial charge < -0.3 is 0 Å². The molecule has 2 aliphatic carbocycles. The maximum absolute atomic E-state index is 6.12. The maximum atomic E-state index is 6.12. The summed E-state index contributed by atoms with van der Waals surface area (Å²) in [6.07, 6.45) is 6.21. The fourth-order valence-electron chi connectivity index (χ4n) is 2.07. The number of rotatable bonds is 1. The van der Waals surface area contributed by atoms with Crippen LogP contribution in [-0.2, 0) is 6.42 Å². The summed E-state index contributed by atoms with van der Waals surface area (Å²) in [6.45, 7) is 0. The first kappa shape index (κ1) is 7.64. The molecule has 0 amide bonds.